The Labute approximate surface area is 162 Å². The molecule has 0 radical (unpaired) electrons. The highest BCUT2D eigenvalue weighted by molar-refractivity contribution is 9.10. The molecule has 0 saturated heterocycles. The van der Waals surface area contributed by atoms with Crippen molar-refractivity contribution in [2.75, 3.05) is 13.7 Å². The maximum Gasteiger partial charge on any atom is 0.252 e. The van der Waals surface area contributed by atoms with Crippen LogP contribution in [0.1, 0.15) is 20.8 Å². The van der Waals surface area contributed by atoms with Gasteiger partial charge in [-0.1, -0.05) is 6.07 Å². The van der Waals surface area contributed by atoms with E-state index in [1.165, 1.54) is 22.7 Å². The molecule has 130 valence electrons. The molecule has 0 fully saturated rings. The van der Waals surface area contributed by atoms with Gasteiger partial charge in [-0.25, -0.2) is 0 Å². The van der Waals surface area contributed by atoms with Gasteiger partial charge >= 0.3 is 0 Å². The molecule has 2 N–H and O–H groups in total. The van der Waals surface area contributed by atoms with Crippen molar-refractivity contribution in [2.24, 2.45) is 0 Å². The second-order valence-electron chi connectivity index (χ2n) is 5.38. The molecular weight excluding hydrogens is 422 g/mol. The van der Waals surface area contributed by atoms with E-state index in [0.717, 1.165) is 10.4 Å². The lowest BCUT2D eigenvalue weighted by atomic mass is 9.94. The molecule has 0 bridgehead atoms. The number of aliphatic hydroxyl groups is 1. The van der Waals surface area contributed by atoms with Crippen molar-refractivity contribution in [1.29, 1.82) is 0 Å². The molecule has 3 rings (SSSR count). The van der Waals surface area contributed by atoms with Crippen LogP contribution in [0.5, 0.6) is 5.75 Å². The third kappa shape index (κ3) is 3.79. The minimum atomic E-state index is -1.25. The molecule has 0 aliphatic carbocycles. The Morgan fingerprint density at radius 3 is 2.80 bits per heavy atom. The van der Waals surface area contributed by atoms with Crippen molar-refractivity contribution in [3.63, 3.8) is 0 Å². The fraction of sp³-hybridized carbons (Fsp3) is 0.167. The molecule has 0 spiro atoms. The summed E-state index contributed by atoms with van der Waals surface area (Å²) in [5, 5.41) is 19.8. The van der Waals surface area contributed by atoms with E-state index in [0.29, 0.717) is 15.8 Å². The van der Waals surface area contributed by atoms with Gasteiger partial charge in [0, 0.05) is 14.9 Å². The summed E-state index contributed by atoms with van der Waals surface area (Å²) in [5.41, 5.74) is -0.0296. The molecule has 0 aliphatic heterocycles. The number of halogens is 1. The average Bonchev–Trinajstić information content (AvgIpc) is 3.33. The number of rotatable bonds is 6. The van der Waals surface area contributed by atoms with Crippen molar-refractivity contribution in [3.8, 4) is 5.75 Å². The van der Waals surface area contributed by atoms with E-state index >= 15 is 0 Å². The van der Waals surface area contributed by atoms with E-state index in [2.05, 4.69) is 21.2 Å². The van der Waals surface area contributed by atoms with Crippen LogP contribution in [0.2, 0.25) is 0 Å². The molecule has 0 saturated carbocycles. The highest BCUT2D eigenvalue weighted by Crippen LogP contribution is 2.33. The molecule has 2 heterocycles. The van der Waals surface area contributed by atoms with Crippen LogP contribution < -0.4 is 10.1 Å². The van der Waals surface area contributed by atoms with Gasteiger partial charge in [0.15, 0.2) is 0 Å². The van der Waals surface area contributed by atoms with E-state index in [1.54, 1.807) is 25.3 Å². The van der Waals surface area contributed by atoms with Crippen LogP contribution in [0.3, 0.4) is 0 Å². The van der Waals surface area contributed by atoms with Crippen LogP contribution in [-0.2, 0) is 5.60 Å². The van der Waals surface area contributed by atoms with Crippen LogP contribution in [0.4, 0.5) is 0 Å². The molecule has 0 aliphatic rings. The predicted molar refractivity (Wildman–Crippen MR) is 105 cm³/mol. The van der Waals surface area contributed by atoms with Crippen molar-refractivity contribution < 1.29 is 14.6 Å². The third-order valence-electron chi connectivity index (χ3n) is 3.85. The SMILES string of the molecule is COc1ccc(Br)c(C(=O)NC[C@@](O)(c2ccsc2)c2cccs2)c1. The number of ether oxygens (including phenoxy) is 1. The number of carbonyl (C=O) groups excluding carboxylic acids is 1. The zero-order valence-corrected chi connectivity index (χ0v) is 16.6. The molecule has 1 aromatic carbocycles. The van der Waals surface area contributed by atoms with Crippen LogP contribution in [-0.4, -0.2) is 24.7 Å². The number of benzene rings is 1. The van der Waals surface area contributed by atoms with Gasteiger partial charge in [0.2, 0.25) is 0 Å². The quantitative estimate of drug-likeness (QED) is 0.605. The Hall–Kier alpha value is -1.67. The number of carbonyl (C=O) groups is 1. The summed E-state index contributed by atoms with van der Waals surface area (Å²) >= 11 is 6.35. The topological polar surface area (TPSA) is 58.6 Å². The Bertz CT molecular complexity index is 813. The van der Waals surface area contributed by atoms with Crippen molar-refractivity contribution in [1.82, 2.24) is 5.32 Å². The Morgan fingerprint density at radius 1 is 1.32 bits per heavy atom. The van der Waals surface area contributed by atoms with Crippen molar-refractivity contribution in [2.45, 2.75) is 5.60 Å². The standard InChI is InChI=1S/C18H16BrNO3S2/c1-23-13-4-5-15(19)14(9-13)17(21)20-11-18(22,12-6-8-24-10-12)16-3-2-7-25-16/h2-10,22H,11H2,1H3,(H,20,21)/t18-/m1/s1. The minimum absolute atomic E-state index is 0.0761. The van der Waals surface area contributed by atoms with Gasteiger partial charge in [-0.15, -0.1) is 11.3 Å². The second-order valence-corrected chi connectivity index (χ2v) is 7.96. The molecule has 1 amide bonds. The lowest BCUT2D eigenvalue weighted by Gasteiger charge is -2.27. The van der Waals surface area contributed by atoms with Gasteiger partial charge in [-0.05, 0) is 62.4 Å². The largest absolute Gasteiger partial charge is 0.497 e. The summed E-state index contributed by atoms with van der Waals surface area (Å²) in [6.45, 7) is 0.0761. The summed E-state index contributed by atoms with van der Waals surface area (Å²) < 4.78 is 5.84. The zero-order valence-electron chi connectivity index (χ0n) is 13.4. The predicted octanol–water partition coefficient (Wildman–Crippen LogP) is 4.25. The number of hydrogen-bond acceptors (Lipinski definition) is 5. The van der Waals surface area contributed by atoms with Crippen LogP contribution in [0, 0.1) is 0 Å². The first-order valence-electron chi connectivity index (χ1n) is 7.45. The van der Waals surface area contributed by atoms with Crippen molar-refractivity contribution in [3.05, 3.63) is 73.0 Å². The number of nitrogens with one attached hydrogen (secondary N) is 1. The van der Waals surface area contributed by atoms with Crippen LogP contribution >= 0.6 is 38.6 Å². The van der Waals surface area contributed by atoms with E-state index in [4.69, 9.17) is 4.74 Å². The summed E-state index contributed by atoms with van der Waals surface area (Å²) in [4.78, 5) is 13.4. The normalized spacial score (nSPS) is 13.2. The van der Waals surface area contributed by atoms with E-state index in [-0.39, 0.29) is 12.5 Å². The highest BCUT2D eigenvalue weighted by atomic mass is 79.9. The highest BCUT2D eigenvalue weighted by Gasteiger charge is 2.33. The van der Waals surface area contributed by atoms with Gasteiger partial charge in [0.05, 0.1) is 19.2 Å². The molecule has 2 aromatic heterocycles. The number of thiophene rings is 2. The molecule has 1 atom stereocenters. The molecule has 7 heteroatoms. The summed E-state index contributed by atoms with van der Waals surface area (Å²) in [6, 6.07) is 10.8. The Balaban J connectivity index is 1.84. The van der Waals surface area contributed by atoms with Crippen molar-refractivity contribution >= 4 is 44.5 Å². The lowest BCUT2D eigenvalue weighted by Crippen LogP contribution is -2.41. The van der Waals surface area contributed by atoms with Crippen LogP contribution in [0.15, 0.2) is 57.0 Å². The van der Waals surface area contributed by atoms with Gasteiger partial charge in [-0.2, -0.15) is 11.3 Å². The zero-order chi connectivity index (χ0) is 17.9. The van der Waals surface area contributed by atoms with E-state index in [1.807, 2.05) is 34.3 Å². The Morgan fingerprint density at radius 2 is 2.16 bits per heavy atom. The first-order valence-corrected chi connectivity index (χ1v) is 10.1. The van der Waals surface area contributed by atoms with Gasteiger partial charge in [-0.3, -0.25) is 4.79 Å². The monoisotopic (exact) mass is 437 g/mol. The van der Waals surface area contributed by atoms with E-state index in [9.17, 15) is 9.90 Å². The minimum Gasteiger partial charge on any atom is -0.497 e. The van der Waals surface area contributed by atoms with Gasteiger partial charge in [0.25, 0.3) is 5.91 Å². The maximum absolute atomic E-state index is 12.6. The number of hydrogen-bond donors (Lipinski definition) is 2. The first-order chi connectivity index (χ1) is 12.0. The molecule has 25 heavy (non-hydrogen) atoms. The fourth-order valence-corrected chi connectivity index (χ4v) is 4.45. The second kappa shape index (κ2) is 7.70. The Kier molecular flexibility index (Phi) is 5.58. The first kappa shape index (κ1) is 18.1. The van der Waals surface area contributed by atoms with Crippen LogP contribution in [0.25, 0.3) is 0 Å². The third-order valence-corrected chi connectivity index (χ3v) is 6.25. The number of amides is 1. The fourth-order valence-electron chi connectivity index (χ4n) is 2.45. The molecule has 4 nitrogen and oxygen atoms in total. The smallest absolute Gasteiger partial charge is 0.252 e. The molecular formula is C18H16BrNO3S2. The summed E-state index contributed by atoms with van der Waals surface area (Å²) in [6.07, 6.45) is 0. The molecule has 0 unspecified atom stereocenters. The van der Waals surface area contributed by atoms with Gasteiger partial charge < -0.3 is 15.2 Å². The summed E-state index contributed by atoms with van der Waals surface area (Å²) in [5.74, 6) is 0.315. The van der Waals surface area contributed by atoms with E-state index < -0.39 is 5.60 Å². The summed E-state index contributed by atoms with van der Waals surface area (Å²) in [7, 11) is 1.55. The number of methoxy groups -OCH3 is 1. The average molecular weight is 438 g/mol. The lowest BCUT2D eigenvalue weighted by molar-refractivity contribution is 0.0720. The molecule has 3 aromatic rings. The van der Waals surface area contributed by atoms with Gasteiger partial charge in [0.1, 0.15) is 11.4 Å². The maximum atomic E-state index is 12.6.